The summed E-state index contributed by atoms with van der Waals surface area (Å²) in [6.07, 6.45) is 5.70. The molecule has 1 aliphatic heterocycles. The van der Waals surface area contributed by atoms with Crippen LogP contribution in [0, 0.1) is 5.82 Å². The number of benzene rings is 1. The second kappa shape index (κ2) is 10.7. The number of amides is 1. The number of carbonyl (C=O) groups is 1. The van der Waals surface area contributed by atoms with Crippen molar-refractivity contribution in [3.05, 3.63) is 114 Å². The number of nitrogens with one attached hydrogen (secondary N) is 2. The van der Waals surface area contributed by atoms with E-state index in [0.29, 0.717) is 18.2 Å². The summed E-state index contributed by atoms with van der Waals surface area (Å²) in [4.78, 5) is 23.7. The quantitative estimate of drug-likeness (QED) is 0.348. The van der Waals surface area contributed by atoms with Gasteiger partial charge in [0.1, 0.15) is 5.82 Å². The Morgan fingerprint density at radius 1 is 1.00 bits per heavy atom. The number of para-hydroxylation sites is 1. The lowest BCUT2D eigenvalue weighted by Crippen LogP contribution is -2.33. The molecule has 2 N–H and O–H groups in total. The van der Waals surface area contributed by atoms with Gasteiger partial charge in [0.25, 0.3) is 0 Å². The molecule has 2 atom stereocenters. The van der Waals surface area contributed by atoms with Crippen molar-refractivity contribution in [2.75, 3.05) is 11.9 Å². The van der Waals surface area contributed by atoms with Crippen molar-refractivity contribution in [1.29, 1.82) is 0 Å². The Morgan fingerprint density at radius 3 is 2.53 bits per heavy atom. The summed E-state index contributed by atoms with van der Waals surface area (Å²) in [5.74, 6) is -0.753. The maximum absolute atomic E-state index is 14.0. The third-order valence-corrected chi connectivity index (χ3v) is 6.50. The first-order chi connectivity index (χ1) is 17.6. The molecule has 0 saturated carbocycles. The minimum Gasteiger partial charge on any atom is -0.352 e. The fourth-order valence-corrected chi connectivity index (χ4v) is 4.80. The Kier molecular flexibility index (Phi) is 6.99. The monoisotopic (exact) mass is 500 g/mol. The number of halogens is 1. The van der Waals surface area contributed by atoms with Crippen LogP contribution in [0.15, 0.2) is 91.4 Å². The van der Waals surface area contributed by atoms with Crippen LogP contribution in [0.4, 0.5) is 10.1 Å². The van der Waals surface area contributed by atoms with Crippen molar-refractivity contribution in [3.63, 3.8) is 0 Å². The second-order valence-electron chi connectivity index (χ2n) is 8.48. The average Bonchev–Trinajstić information content (AvgIpc) is 3.48. The van der Waals surface area contributed by atoms with E-state index in [9.17, 15) is 9.18 Å². The van der Waals surface area contributed by atoms with E-state index in [1.54, 1.807) is 30.6 Å². The van der Waals surface area contributed by atoms with E-state index in [0.717, 1.165) is 17.1 Å². The van der Waals surface area contributed by atoms with Crippen LogP contribution in [0.2, 0.25) is 0 Å². The topological polar surface area (TPSA) is 75.1 Å². The average molecular weight is 501 g/mol. The van der Waals surface area contributed by atoms with E-state index < -0.39 is 5.82 Å². The van der Waals surface area contributed by atoms with Crippen LogP contribution in [0.3, 0.4) is 0 Å². The Labute approximate surface area is 214 Å². The molecule has 3 aromatic heterocycles. The van der Waals surface area contributed by atoms with Gasteiger partial charge in [0, 0.05) is 37.3 Å². The minimum absolute atomic E-state index is 0.141. The molecule has 0 unspecified atom stereocenters. The summed E-state index contributed by atoms with van der Waals surface area (Å²) in [7, 11) is 0. The van der Waals surface area contributed by atoms with Crippen molar-refractivity contribution < 1.29 is 9.18 Å². The normalized spacial score (nSPS) is 17.1. The van der Waals surface area contributed by atoms with Gasteiger partial charge in [-0.2, -0.15) is 0 Å². The number of hydrogen-bond acceptors (Lipinski definition) is 4. The molecule has 0 spiro atoms. The first-order valence-electron chi connectivity index (χ1n) is 11.7. The summed E-state index contributed by atoms with van der Waals surface area (Å²) in [6.45, 7) is 0.956. The highest BCUT2D eigenvalue weighted by Gasteiger charge is 2.41. The maximum Gasteiger partial charge on any atom is 0.226 e. The van der Waals surface area contributed by atoms with Crippen LogP contribution in [-0.4, -0.2) is 37.0 Å². The van der Waals surface area contributed by atoms with Gasteiger partial charge in [0.2, 0.25) is 5.91 Å². The predicted molar refractivity (Wildman–Crippen MR) is 140 cm³/mol. The molecule has 1 fully saturated rings. The van der Waals surface area contributed by atoms with Crippen molar-refractivity contribution in [2.24, 2.45) is 0 Å². The molecule has 1 amide bonds. The summed E-state index contributed by atoms with van der Waals surface area (Å²) in [5.41, 5.74) is 2.98. The third-order valence-electron chi connectivity index (χ3n) is 6.15. The Balaban J connectivity index is 1.40. The minimum atomic E-state index is -0.468. The smallest absolute Gasteiger partial charge is 0.226 e. The van der Waals surface area contributed by atoms with E-state index in [2.05, 4.69) is 31.2 Å². The number of hydrogen-bond donors (Lipinski definition) is 2. The van der Waals surface area contributed by atoms with Crippen LogP contribution < -0.4 is 10.6 Å². The highest BCUT2D eigenvalue weighted by molar-refractivity contribution is 7.80. The largest absolute Gasteiger partial charge is 0.352 e. The van der Waals surface area contributed by atoms with Gasteiger partial charge in [0.05, 0.1) is 35.7 Å². The summed E-state index contributed by atoms with van der Waals surface area (Å²) >= 11 is 5.72. The molecule has 0 aliphatic carbocycles. The van der Waals surface area contributed by atoms with E-state index in [1.807, 2.05) is 53.6 Å². The molecule has 1 aromatic carbocycles. The van der Waals surface area contributed by atoms with Gasteiger partial charge in [-0.3, -0.25) is 14.8 Å². The Bertz CT molecular complexity index is 1350. The first-order valence-corrected chi connectivity index (χ1v) is 12.1. The first kappa shape index (κ1) is 23.6. The molecule has 1 aliphatic rings. The molecule has 36 heavy (non-hydrogen) atoms. The van der Waals surface area contributed by atoms with Crippen molar-refractivity contribution in [2.45, 2.75) is 25.0 Å². The number of nitrogens with zero attached hydrogens (tertiary/aromatic N) is 4. The van der Waals surface area contributed by atoms with Gasteiger partial charge in [-0.1, -0.05) is 24.3 Å². The molecule has 5 rings (SSSR count). The molecular weight excluding hydrogens is 475 g/mol. The maximum atomic E-state index is 14.0. The molecule has 9 heteroatoms. The van der Waals surface area contributed by atoms with E-state index in [4.69, 9.17) is 12.2 Å². The lowest BCUT2D eigenvalue weighted by Gasteiger charge is -2.28. The van der Waals surface area contributed by atoms with Crippen LogP contribution in [0.5, 0.6) is 0 Å². The van der Waals surface area contributed by atoms with Crippen molar-refractivity contribution in [1.82, 2.24) is 24.8 Å². The molecule has 4 aromatic rings. The van der Waals surface area contributed by atoms with Gasteiger partial charge in [-0.25, -0.2) is 4.39 Å². The lowest BCUT2D eigenvalue weighted by molar-refractivity contribution is -0.116. The Morgan fingerprint density at radius 2 is 1.78 bits per heavy atom. The van der Waals surface area contributed by atoms with Crippen LogP contribution >= 0.6 is 12.2 Å². The molecule has 7 nitrogen and oxygen atoms in total. The standard InChI is InChI=1S/C27H25FN6OS/c28-20-9-1-2-10-21(20)31-24(35)13-17-34-26(25(32-27(34)36)22-11-4-6-15-30-22)23-12-7-16-33(23)18-19-8-3-5-14-29-19/h1-12,14-16,25-26H,13,17-18H2,(H,31,35)(H,32,36)/t25-,26-/m0/s1. The molecular formula is C27H25FN6OS. The summed E-state index contributed by atoms with van der Waals surface area (Å²) in [5, 5.41) is 6.60. The van der Waals surface area contributed by atoms with E-state index in [-0.39, 0.29) is 30.1 Å². The van der Waals surface area contributed by atoms with E-state index in [1.165, 1.54) is 6.07 Å². The molecule has 0 radical (unpaired) electrons. The zero-order chi connectivity index (χ0) is 24.9. The Hall–Kier alpha value is -4.11. The van der Waals surface area contributed by atoms with Gasteiger partial charge < -0.3 is 20.1 Å². The van der Waals surface area contributed by atoms with Gasteiger partial charge in [-0.05, 0) is 60.7 Å². The van der Waals surface area contributed by atoms with Crippen LogP contribution in [0.25, 0.3) is 0 Å². The van der Waals surface area contributed by atoms with Gasteiger partial charge >= 0.3 is 0 Å². The van der Waals surface area contributed by atoms with Gasteiger partial charge in [-0.15, -0.1) is 0 Å². The number of pyridine rings is 2. The summed E-state index contributed by atoms with van der Waals surface area (Å²) < 4.78 is 16.1. The highest BCUT2D eigenvalue weighted by atomic mass is 32.1. The predicted octanol–water partition coefficient (Wildman–Crippen LogP) is 4.47. The number of carbonyl (C=O) groups excluding carboxylic acids is 1. The van der Waals surface area contributed by atoms with Gasteiger partial charge in [0.15, 0.2) is 5.11 Å². The zero-order valence-corrected chi connectivity index (χ0v) is 20.2. The van der Waals surface area contributed by atoms with Crippen LogP contribution in [0.1, 0.15) is 35.6 Å². The molecule has 1 saturated heterocycles. The lowest BCUT2D eigenvalue weighted by atomic mass is 10.0. The zero-order valence-electron chi connectivity index (χ0n) is 19.4. The molecule has 0 bridgehead atoms. The van der Waals surface area contributed by atoms with Crippen LogP contribution in [-0.2, 0) is 11.3 Å². The van der Waals surface area contributed by atoms with Crippen molar-refractivity contribution >= 4 is 28.9 Å². The fourth-order valence-electron chi connectivity index (χ4n) is 4.47. The van der Waals surface area contributed by atoms with Crippen molar-refractivity contribution in [3.8, 4) is 0 Å². The second-order valence-corrected chi connectivity index (χ2v) is 8.87. The number of thiocarbonyl (C=S) groups is 1. The third kappa shape index (κ3) is 5.11. The number of aromatic nitrogens is 3. The van der Waals surface area contributed by atoms with E-state index >= 15 is 0 Å². The number of anilines is 1. The highest BCUT2D eigenvalue weighted by Crippen LogP contribution is 2.39. The summed E-state index contributed by atoms with van der Waals surface area (Å²) in [6, 6.07) is 21.4. The SMILES string of the molecule is O=C(CCN1C(=S)N[C@@H](c2ccccn2)[C@@H]1c1cccn1Cc1ccccn1)Nc1ccccc1F. The molecule has 182 valence electrons. The number of rotatable bonds is 8. The fraction of sp³-hybridized carbons (Fsp3) is 0.185. The molecule has 4 heterocycles.